The Morgan fingerprint density at radius 2 is 1.97 bits per heavy atom. The molecule has 9 heteroatoms. The van der Waals surface area contributed by atoms with Crippen LogP contribution in [0.15, 0.2) is 53.4 Å². The van der Waals surface area contributed by atoms with Crippen LogP contribution in [-0.4, -0.2) is 39.0 Å². The summed E-state index contributed by atoms with van der Waals surface area (Å²) in [4.78, 5) is 24.6. The van der Waals surface area contributed by atoms with E-state index in [1.807, 2.05) is 37.3 Å². The number of benzene rings is 2. The van der Waals surface area contributed by atoms with Crippen LogP contribution in [0.25, 0.3) is 6.08 Å². The van der Waals surface area contributed by atoms with Crippen molar-refractivity contribution in [2.45, 2.75) is 26.4 Å². The van der Waals surface area contributed by atoms with E-state index in [9.17, 15) is 14.7 Å². The number of carbonyl (C=O) groups excluding carboxylic acids is 1. The lowest BCUT2D eigenvalue weighted by atomic mass is 10.1. The Labute approximate surface area is 190 Å². The normalized spacial score (nSPS) is 15.8. The molecule has 1 atom stereocenters. The Balaban J connectivity index is 1.82. The van der Waals surface area contributed by atoms with Crippen molar-refractivity contribution in [1.29, 1.82) is 0 Å². The van der Waals surface area contributed by atoms with E-state index in [0.29, 0.717) is 39.3 Å². The molecule has 2 aromatic rings. The summed E-state index contributed by atoms with van der Waals surface area (Å²) in [6.07, 6.45) is 1.07. The lowest BCUT2D eigenvalue weighted by Crippen LogP contribution is -2.33. The third kappa shape index (κ3) is 5.56. The number of aliphatic carboxylic acids is 1. The second-order valence-corrected chi connectivity index (χ2v) is 8.16. The minimum absolute atomic E-state index is 0.255. The van der Waals surface area contributed by atoms with Crippen molar-refractivity contribution < 1.29 is 24.2 Å². The summed E-state index contributed by atoms with van der Waals surface area (Å²) in [6.45, 7) is 3.94. The number of anilines is 1. The van der Waals surface area contributed by atoms with Gasteiger partial charge in [0.1, 0.15) is 0 Å². The van der Waals surface area contributed by atoms with Gasteiger partial charge in [0, 0.05) is 0 Å². The van der Waals surface area contributed by atoms with Crippen LogP contribution in [0.1, 0.15) is 25.8 Å². The van der Waals surface area contributed by atoms with E-state index in [1.54, 1.807) is 31.2 Å². The smallest absolute Gasteiger partial charge is 0.344 e. The van der Waals surface area contributed by atoms with E-state index in [1.165, 1.54) is 16.8 Å². The number of nitrogens with zero attached hydrogens (tertiary/aromatic N) is 1. The van der Waals surface area contributed by atoms with Gasteiger partial charge in [0.05, 0.1) is 17.2 Å². The number of amides is 1. The second-order valence-electron chi connectivity index (χ2n) is 6.49. The molecule has 7 nitrogen and oxygen atoms in total. The van der Waals surface area contributed by atoms with Gasteiger partial charge >= 0.3 is 5.97 Å². The molecular formula is C22H22N2O5S2. The molecule has 0 aromatic heterocycles. The molecule has 1 saturated heterocycles. The number of carbonyl (C=O) groups is 2. The van der Waals surface area contributed by atoms with Crippen LogP contribution in [0, 0.1) is 0 Å². The number of hydrogen-bond donors (Lipinski definition) is 2. The highest BCUT2D eigenvalue weighted by atomic mass is 32.2. The van der Waals surface area contributed by atoms with Crippen molar-refractivity contribution in [3.05, 3.63) is 59.0 Å². The molecule has 2 N–H and O–H groups in total. The van der Waals surface area contributed by atoms with Gasteiger partial charge < -0.3 is 14.6 Å². The highest BCUT2D eigenvalue weighted by molar-refractivity contribution is 8.26. The van der Waals surface area contributed by atoms with Gasteiger partial charge in [-0.1, -0.05) is 43.0 Å². The zero-order chi connectivity index (χ0) is 22.4. The average molecular weight is 459 g/mol. The quantitative estimate of drug-likeness (QED) is 0.418. The largest absolute Gasteiger partial charge is 0.490 e. The van der Waals surface area contributed by atoms with Gasteiger partial charge in [-0.3, -0.25) is 10.2 Å². The zero-order valence-corrected chi connectivity index (χ0v) is 18.7. The number of nitrogens with one attached hydrogen (secondary N) is 1. The van der Waals surface area contributed by atoms with Crippen molar-refractivity contribution in [1.82, 2.24) is 5.01 Å². The number of thioether (sulfide) groups is 1. The van der Waals surface area contributed by atoms with E-state index >= 15 is 0 Å². The minimum atomic E-state index is -1.04. The average Bonchev–Trinajstić information content (AvgIpc) is 3.01. The molecule has 162 valence electrons. The molecular weight excluding hydrogens is 436 g/mol. The molecule has 0 radical (unpaired) electrons. The first-order valence-electron chi connectivity index (χ1n) is 9.68. The van der Waals surface area contributed by atoms with Crippen molar-refractivity contribution >= 4 is 51.9 Å². The van der Waals surface area contributed by atoms with Crippen LogP contribution in [0.4, 0.5) is 5.69 Å². The van der Waals surface area contributed by atoms with Gasteiger partial charge in [0.2, 0.25) is 0 Å². The third-order valence-corrected chi connectivity index (χ3v) is 5.59. The van der Waals surface area contributed by atoms with Gasteiger partial charge in [-0.05, 0) is 61.5 Å². The Kier molecular flexibility index (Phi) is 7.54. The van der Waals surface area contributed by atoms with Gasteiger partial charge in [-0.25, -0.2) is 9.80 Å². The number of carboxylic acid groups (broad SMARTS) is 1. The molecule has 1 aliphatic heterocycles. The molecule has 1 unspecified atom stereocenters. The number of hydrazine groups is 1. The van der Waals surface area contributed by atoms with Crippen LogP contribution in [0.2, 0.25) is 0 Å². The monoisotopic (exact) mass is 458 g/mol. The molecule has 1 amide bonds. The van der Waals surface area contributed by atoms with Gasteiger partial charge in [-0.2, -0.15) is 0 Å². The molecule has 2 aromatic carbocycles. The number of para-hydroxylation sites is 1. The fourth-order valence-corrected chi connectivity index (χ4v) is 3.98. The molecule has 0 spiro atoms. The number of thiocarbonyl (C=S) groups is 1. The van der Waals surface area contributed by atoms with E-state index in [0.717, 1.165) is 5.69 Å². The lowest BCUT2D eigenvalue weighted by Gasteiger charge is -2.17. The SMILES string of the molecule is CCOc1cc(/C=C2/SC(=S)N(Nc3ccccc3)C2=O)ccc1OC(CC)C(=O)O. The van der Waals surface area contributed by atoms with E-state index in [2.05, 4.69) is 5.43 Å². The predicted octanol–water partition coefficient (Wildman–Crippen LogP) is 4.56. The summed E-state index contributed by atoms with van der Waals surface area (Å²) in [5.41, 5.74) is 4.48. The van der Waals surface area contributed by atoms with Crippen molar-refractivity contribution in [2.75, 3.05) is 12.0 Å². The second kappa shape index (κ2) is 10.3. The molecule has 3 rings (SSSR count). The summed E-state index contributed by atoms with van der Waals surface area (Å²) in [6, 6.07) is 14.4. The Morgan fingerprint density at radius 1 is 1.23 bits per heavy atom. The van der Waals surface area contributed by atoms with E-state index in [-0.39, 0.29) is 5.91 Å². The van der Waals surface area contributed by atoms with Crippen LogP contribution >= 0.6 is 24.0 Å². The molecule has 0 saturated carbocycles. The molecule has 1 heterocycles. The lowest BCUT2D eigenvalue weighted by molar-refractivity contribution is -0.145. The van der Waals surface area contributed by atoms with Gasteiger partial charge in [0.15, 0.2) is 21.9 Å². The van der Waals surface area contributed by atoms with Crippen LogP contribution in [0.5, 0.6) is 11.5 Å². The molecule has 1 fully saturated rings. The maximum absolute atomic E-state index is 12.8. The summed E-state index contributed by atoms with van der Waals surface area (Å²) < 4.78 is 11.6. The van der Waals surface area contributed by atoms with Crippen LogP contribution in [0.3, 0.4) is 0 Å². The van der Waals surface area contributed by atoms with Crippen molar-refractivity contribution in [3.63, 3.8) is 0 Å². The maximum atomic E-state index is 12.8. The number of ether oxygens (including phenoxy) is 2. The van der Waals surface area contributed by atoms with E-state index < -0.39 is 12.1 Å². The third-order valence-electron chi connectivity index (χ3n) is 4.29. The Bertz CT molecular complexity index is 1010. The minimum Gasteiger partial charge on any atom is -0.490 e. The number of rotatable bonds is 9. The van der Waals surface area contributed by atoms with Crippen LogP contribution < -0.4 is 14.9 Å². The highest BCUT2D eigenvalue weighted by Gasteiger charge is 2.32. The topological polar surface area (TPSA) is 88.1 Å². The predicted molar refractivity (Wildman–Crippen MR) is 125 cm³/mol. The maximum Gasteiger partial charge on any atom is 0.344 e. The summed E-state index contributed by atoms with van der Waals surface area (Å²) in [7, 11) is 0. The molecule has 31 heavy (non-hydrogen) atoms. The fraction of sp³-hybridized carbons (Fsp3) is 0.227. The molecule has 0 bridgehead atoms. The number of hydrogen-bond acceptors (Lipinski definition) is 7. The standard InChI is InChI=1S/C22H22N2O5S2/c1-3-16(21(26)27)29-17-11-10-14(12-18(17)28-4-2)13-19-20(25)24(22(30)31-19)23-15-8-6-5-7-9-15/h5-13,16,23H,3-4H2,1-2H3,(H,26,27)/b19-13+. The Hall–Kier alpha value is -3.04. The first-order valence-corrected chi connectivity index (χ1v) is 10.9. The van der Waals surface area contributed by atoms with Crippen LogP contribution in [-0.2, 0) is 9.59 Å². The highest BCUT2D eigenvalue weighted by Crippen LogP contribution is 2.35. The summed E-state index contributed by atoms with van der Waals surface area (Å²) in [5, 5.41) is 10.6. The first kappa shape index (κ1) is 22.6. The van der Waals surface area contributed by atoms with Gasteiger partial charge in [0.25, 0.3) is 5.91 Å². The summed E-state index contributed by atoms with van der Waals surface area (Å²) >= 11 is 6.54. The summed E-state index contributed by atoms with van der Waals surface area (Å²) in [5.74, 6) is -0.543. The Morgan fingerprint density at radius 3 is 2.61 bits per heavy atom. The van der Waals surface area contributed by atoms with Crippen molar-refractivity contribution in [2.24, 2.45) is 0 Å². The first-order chi connectivity index (χ1) is 14.9. The van der Waals surface area contributed by atoms with Gasteiger partial charge in [-0.15, -0.1) is 0 Å². The molecule has 0 aliphatic carbocycles. The fourth-order valence-electron chi connectivity index (χ4n) is 2.80. The molecule has 1 aliphatic rings. The van der Waals surface area contributed by atoms with Crippen molar-refractivity contribution in [3.8, 4) is 11.5 Å². The number of carboxylic acids is 1. The van der Waals surface area contributed by atoms with E-state index in [4.69, 9.17) is 21.7 Å². The zero-order valence-electron chi connectivity index (χ0n) is 17.0.